The highest BCUT2D eigenvalue weighted by Crippen LogP contribution is 2.60. The summed E-state index contributed by atoms with van der Waals surface area (Å²) in [5, 5.41) is 2.69. The summed E-state index contributed by atoms with van der Waals surface area (Å²) < 4.78 is 0. The van der Waals surface area contributed by atoms with Gasteiger partial charge in [-0.3, -0.25) is 4.79 Å². The third-order valence-corrected chi connectivity index (χ3v) is 6.90. The standard InChI is InChI=1S/C17H25N3OS/c1-20(16(21)14-9-22-15(8-18)19-14)10-17-5-11-2-12(6-17)4-13(3-11)7-17/h9,11-13H,2-8,10,18H2,1H3. The molecule has 0 saturated heterocycles. The number of nitrogens with zero attached hydrogens (tertiary/aromatic N) is 2. The highest BCUT2D eigenvalue weighted by Gasteiger charge is 2.51. The lowest BCUT2D eigenvalue weighted by molar-refractivity contribution is -0.0629. The lowest BCUT2D eigenvalue weighted by Crippen LogP contribution is -2.51. The van der Waals surface area contributed by atoms with Gasteiger partial charge >= 0.3 is 0 Å². The highest BCUT2D eigenvalue weighted by atomic mass is 32.1. The first-order valence-corrected chi connectivity index (χ1v) is 9.35. The SMILES string of the molecule is CN(CC12CC3CC(CC(C3)C1)C2)C(=O)c1csc(CN)n1. The molecule has 1 aromatic heterocycles. The quantitative estimate of drug-likeness (QED) is 0.928. The molecule has 1 heterocycles. The summed E-state index contributed by atoms with van der Waals surface area (Å²) in [5.74, 6) is 2.85. The zero-order valence-corrected chi connectivity index (χ0v) is 14.1. The zero-order chi connectivity index (χ0) is 15.3. The number of hydrogen-bond acceptors (Lipinski definition) is 4. The van der Waals surface area contributed by atoms with Gasteiger partial charge < -0.3 is 10.6 Å². The second kappa shape index (κ2) is 5.31. The number of amides is 1. The molecular formula is C17H25N3OS. The van der Waals surface area contributed by atoms with Crippen LogP contribution in [0.25, 0.3) is 0 Å². The zero-order valence-electron chi connectivity index (χ0n) is 13.3. The molecule has 0 spiro atoms. The van der Waals surface area contributed by atoms with Gasteiger partial charge in [-0.2, -0.15) is 0 Å². The van der Waals surface area contributed by atoms with Gasteiger partial charge in [0, 0.05) is 25.5 Å². The summed E-state index contributed by atoms with van der Waals surface area (Å²) in [6, 6.07) is 0. The molecule has 0 aromatic carbocycles. The Bertz CT molecular complexity index is 547. The van der Waals surface area contributed by atoms with Gasteiger partial charge in [0.1, 0.15) is 10.7 Å². The van der Waals surface area contributed by atoms with E-state index >= 15 is 0 Å². The van der Waals surface area contributed by atoms with Crippen molar-refractivity contribution in [2.45, 2.75) is 45.1 Å². The summed E-state index contributed by atoms with van der Waals surface area (Å²) in [5.41, 5.74) is 6.56. The molecule has 1 aromatic rings. The lowest BCUT2D eigenvalue weighted by atomic mass is 9.49. The van der Waals surface area contributed by atoms with Crippen molar-refractivity contribution in [1.29, 1.82) is 0 Å². The van der Waals surface area contributed by atoms with Gasteiger partial charge in [0.2, 0.25) is 0 Å². The van der Waals surface area contributed by atoms with E-state index in [0.29, 0.717) is 17.7 Å². The van der Waals surface area contributed by atoms with Gasteiger partial charge in [-0.15, -0.1) is 11.3 Å². The summed E-state index contributed by atoms with van der Waals surface area (Å²) in [7, 11) is 1.95. The summed E-state index contributed by atoms with van der Waals surface area (Å²) in [6.07, 6.45) is 8.35. The average molecular weight is 319 g/mol. The predicted octanol–water partition coefficient (Wildman–Crippen LogP) is 2.89. The molecule has 4 bridgehead atoms. The fourth-order valence-corrected chi connectivity index (χ4v) is 6.41. The first-order chi connectivity index (χ1) is 10.6. The molecule has 4 aliphatic carbocycles. The molecule has 0 unspecified atom stereocenters. The molecule has 1 amide bonds. The molecule has 0 radical (unpaired) electrons. The van der Waals surface area contributed by atoms with Crippen LogP contribution in [0.3, 0.4) is 0 Å². The number of rotatable bonds is 4. The van der Waals surface area contributed by atoms with Crippen molar-refractivity contribution >= 4 is 17.2 Å². The van der Waals surface area contributed by atoms with E-state index in [4.69, 9.17) is 5.73 Å². The summed E-state index contributed by atoms with van der Waals surface area (Å²) >= 11 is 1.48. The molecule has 4 nitrogen and oxygen atoms in total. The Morgan fingerprint density at radius 1 is 1.32 bits per heavy atom. The van der Waals surface area contributed by atoms with E-state index < -0.39 is 0 Å². The highest BCUT2D eigenvalue weighted by molar-refractivity contribution is 7.09. The Kier molecular flexibility index (Phi) is 3.53. The number of carbonyl (C=O) groups excluding carboxylic acids is 1. The van der Waals surface area contributed by atoms with Crippen LogP contribution in [0.5, 0.6) is 0 Å². The van der Waals surface area contributed by atoms with Gasteiger partial charge in [-0.25, -0.2) is 4.98 Å². The fourth-order valence-electron chi connectivity index (χ4n) is 5.76. The van der Waals surface area contributed by atoms with Crippen molar-refractivity contribution in [3.8, 4) is 0 Å². The smallest absolute Gasteiger partial charge is 0.273 e. The monoisotopic (exact) mass is 319 g/mol. The first kappa shape index (κ1) is 14.6. The minimum absolute atomic E-state index is 0.0618. The van der Waals surface area contributed by atoms with Crippen molar-refractivity contribution in [3.63, 3.8) is 0 Å². The van der Waals surface area contributed by atoms with E-state index in [1.54, 1.807) is 0 Å². The molecule has 0 atom stereocenters. The average Bonchev–Trinajstić information content (AvgIpc) is 2.93. The number of aromatic nitrogens is 1. The first-order valence-electron chi connectivity index (χ1n) is 8.47. The number of carbonyl (C=O) groups is 1. The van der Waals surface area contributed by atoms with E-state index in [9.17, 15) is 4.79 Å². The Labute approximate surface area is 136 Å². The third-order valence-electron chi connectivity index (χ3n) is 6.03. The largest absolute Gasteiger partial charge is 0.340 e. The van der Waals surface area contributed by atoms with Gasteiger partial charge in [0.25, 0.3) is 5.91 Å². The molecule has 4 fully saturated rings. The Hall–Kier alpha value is -0.940. The number of thiazole rings is 1. The van der Waals surface area contributed by atoms with E-state index in [2.05, 4.69) is 4.98 Å². The number of hydrogen-bond donors (Lipinski definition) is 1. The van der Waals surface area contributed by atoms with Crippen molar-refractivity contribution in [2.24, 2.45) is 28.9 Å². The summed E-state index contributed by atoms with van der Waals surface area (Å²) in [4.78, 5) is 18.9. The molecule has 120 valence electrons. The van der Waals surface area contributed by atoms with Gasteiger partial charge in [0.05, 0.1) is 0 Å². The third kappa shape index (κ3) is 2.48. The molecule has 2 N–H and O–H groups in total. The topological polar surface area (TPSA) is 59.2 Å². The van der Waals surface area contributed by atoms with Crippen LogP contribution in [-0.4, -0.2) is 29.4 Å². The molecule has 5 heteroatoms. The summed E-state index contributed by atoms with van der Waals surface area (Å²) in [6.45, 7) is 1.32. The van der Waals surface area contributed by atoms with E-state index in [1.165, 1.54) is 49.9 Å². The van der Waals surface area contributed by atoms with Crippen LogP contribution in [0.2, 0.25) is 0 Å². The molecule has 4 saturated carbocycles. The van der Waals surface area contributed by atoms with Gasteiger partial charge in [0.15, 0.2) is 0 Å². The van der Waals surface area contributed by atoms with Crippen LogP contribution in [0.4, 0.5) is 0 Å². The normalized spacial score (nSPS) is 35.8. The maximum atomic E-state index is 12.6. The van der Waals surface area contributed by atoms with Gasteiger partial charge in [-0.05, 0) is 61.7 Å². The second-order valence-electron chi connectivity index (χ2n) is 7.91. The van der Waals surface area contributed by atoms with E-state index in [0.717, 1.165) is 29.3 Å². The fraction of sp³-hybridized carbons (Fsp3) is 0.765. The van der Waals surface area contributed by atoms with Crippen molar-refractivity contribution in [3.05, 3.63) is 16.1 Å². The molecular weight excluding hydrogens is 294 g/mol. The van der Waals surface area contributed by atoms with E-state index in [-0.39, 0.29) is 5.91 Å². The Morgan fingerprint density at radius 2 is 1.91 bits per heavy atom. The predicted molar refractivity (Wildman–Crippen MR) is 87.6 cm³/mol. The van der Waals surface area contributed by atoms with Crippen molar-refractivity contribution in [1.82, 2.24) is 9.88 Å². The molecule has 5 rings (SSSR count). The van der Waals surface area contributed by atoms with Crippen LogP contribution >= 0.6 is 11.3 Å². The van der Waals surface area contributed by atoms with Gasteiger partial charge in [-0.1, -0.05) is 0 Å². The van der Waals surface area contributed by atoms with Crippen molar-refractivity contribution < 1.29 is 4.79 Å². The molecule has 4 aliphatic rings. The van der Waals surface area contributed by atoms with Crippen LogP contribution in [0.1, 0.15) is 54.0 Å². The molecule has 22 heavy (non-hydrogen) atoms. The van der Waals surface area contributed by atoms with Crippen LogP contribution in [0, 0.1) is 23.2 Å². The van der Waals surface area contributed by atoms with Crippen LogP contribution in [0.15, 0.2) is 5.38 Å². The van der Waals surface area contributed by atoms with Crippen LogP contribution in [-0.2, 0) is 6.54 Å². The lowest BCUT2D eigenvalue weighted by Gasteiger charge is -2.57. The number of nitrogens with two attached hydrogens (primary N) is 1. The second-order valence-corrected chi connectivity index (χ2v) is 8.85. The van der Waals surface area contributed by atoms with E-state index in [1.807, 2.05) is 17.3 Å². The maximum Gasteiger partial charge on any atom is 0.273 e. The van der Waals surface area contributed by atoms with Crippen LogP contribution < -0.4 is 5.73 Å². The minimum Gasteiger partial charge on any atom is -0.340 e. The maximum absolute atomic E-state index is 12.6. The Balaban J connectivity index is 1.47. The Morgan fingerprint density at radius 3 is 2.41 bits per heavy atom. The minimum atomic E-state index is 0.0618. The molecule has 0 aliphatic heterocycles. The van der Waals surface area contributed by atoms with Crippen molar-refractivity contribution in [2.75, 3.05) is 13.6 Å².